The first-order valence-electron chi connectivity index (χ1n) is 9.00. The molecule has 2 aromatic carbocycles. The molecule has 0 amide bonds. The average molecular weight is 374 g/mol. The van der Waals surface area contributed by atoms with Gasteiger partial charge in [-0.05, 0) is 11.1 Å². The summed E-state index contributed by atoms with van der Waals surface area (Å²) in [5, 5.41) is 31.6. The van der Waals surface area contributed by atoms with Crippen LogP contribution in [0.15, 0.2) is 60.7 Å². The van der Waals surface area contributed by atoms with Gasteiger partial charge in [0.15, 0.2) is 0 Å². The molecule has 0 unspecified atom stereocenters. The fourth-order valence-corrected chi connectivity index (χ4v) is 3.36. The minimum Gasteiger partial charge on any atom is -0.387 e. The Hall–Kier alpha value is -1.80. The Balaban J connectivity index is 1.70. The molecule has 1 fully saturated rings. The zero-order valence-electron chi connectivity index (χ0n) is 15.2. The molecule has 6 atom stereocenters. The Labute approximate surface area is 158 Å². The second-order valence-corrected chi connectivity index (χ2v) is 6.69. The Morgan fingerprint density at radius 1 is 0.630 bits per heavy atom. The zero-order chi connectivity index (χ0) is 19.2. The summed E-state index contributed by atoms with van der Waals surface area (Å²) in [6.45, 7) is 0.450. The highest BCUT2D eigenvalue weighted by atomic mass is 16.6. The predicted molar refractivity (Wildman–Crippen MR) is 98.9 cm³/mol. The van der Waals surface area contributed by atoms with Crippen molar-refractivity contribution in [2.24, 2.45) is 0 Å². The number of methoxy groups -OCH3 is 1. The van der Waals surface area contributed by atoms with Crippen molar-refractivity contribution < 1.29 is 29.5 Å². The van der Waals surface area contributed by atoms with Crippen LogP contribution < -0.4 is 0 Å². The summed E-state index contributed by atoms with van der Waals surface area (Å²) in [6.07, 6.45) is -6.37. The van der Waals surface area contributed by atoms with Crippen LogP contribution in [0.5, 0.6) is 0 Å². The molecular formula is C21H26O6. The Morgan fingerprint density at radius 2 is 1.07 bits per heavy atom. The molecule has 0 radical (unpaired) electrons. The summed E-state index contributed by atoms with van der Waals surface area (Å²) in [7, 11) is 1.41. The van der Waals surface area contributed by atoms with Crippen LogP contribution in [0.25, 0.3) is 0 Å². The smallest absolute Gasteiger partial charge is 0.115 e. The van der Waals surface area contributed by atoms with Gasteiger partial charge in [0.05, 0.1) is 13.2 Å². The van der Waals surface area contributed by atoms with Crippen LogP contribution in [0.3, 0.4) is 0 Å². The van der Waals surface area contributed by atoms with Crippen LogP contribution in [0, 0.1) is 0 Å². The molecule has 146 valence electrons. The topological polar surface area (TPSA) is 88.4 Å². The van der Waals surface area contributed by atoms with E-state index >= 15 is 0 Å². The van der Waals surface area contributed by atoms with E-state index in [9.17, 15) is 15.3 Å². The van der Waals surface area contributed by atoms with E-state index in [4.69, 9.17) is 14.2 Å². The van der Waals surface area contributed by atoms with Gasteiger partial charge in [0, 0.05) is 7.11 Å². The minimum atomic E-state index is -1.29. The number of aliphatic hydroxyl groups is 3. The van der Waals surface area contributed by atoms with Crippen LogP contribution in [0.2, 0.25) is 0 Å². The summed E-state index contributed by atoms with van der Waals surface area (Å²) < 4.78 is 16.9. The van der Waals surface area contributed by atoms with Gasteiger partial charge < -0.3 is 29.5 Å². The molecule has 6 heteroatoms. The minimum absolute atomic E-state index is 0.204. The number of rotatable bonds is 7. The van der Waals surface area contributed by atoms with Crippen molar-refractivity contribution in [1.29, 1.82) is 0 Å². The van der Waals surface area contributed by atoms with E-state index in [1.54, 1.807) is 0 Å². The molecular weight excluding hydrogens is 348 g/mol. The number of benzene rings is 2. The third kappa shape index (κ3) is 4.73. The highest BCUT2D eigenvalue weighted by molar-refractivity contribution is 5.15. The third-order valence-corrected chi connectivity index (χ3v) is 4.86. The van der Waals surface area contributed by atoms with Crippen LogP contribution in [0.4, 0.5) is 0 Å². The molecule has 3 rings (SSSR count). The summed E-state index contributed by atoms with van der Waals surface area (Å²) in [6, 6.07) is 19.0. The molecule has 3 N–H and O–H groups in total. The molecule has 0 aromatic heterocycles. The highest BCUT2D eigenvalue weighted by Gasteiger charge is 2.51. The Bertz CT molecular complexity index is 680. The maximum atomic E-state index is 10.8. The largest absolute Gasteiger partial charge is 0.387 e. The Morgan fingerprint density at radius 3 is 1.56 bits per heavy atom. The van der Waals surface area contributed by atoms with Crippen molar-refractivity contribution >= 4 is 0 Å². The van der Waals surface area contributed by atoms with Crippen molar-refractivity contribution in [2.75, 3.05) is 7.11 Å². The molecule has 2 aromatic rings. The zero-order valence-corrected chi connectivity index (χ0v) is 15.2. The van der Waals surface area contributed by atoms with Gasteiger partial charge in [0.1, 0.15) is 36.6 Å². The van der Waals surface area contributed by atoms with E-state index in [1.807, 2.05) is 60.7 Å². The second-order valence-electron chi connectivity index (χ2n) is 6.69. The standard InChI is InChI=1S/C21H26O6/c1-25-20-17(23)16(22)19(26-12-14-8-4-2-5-9-14)18(24)21(20)27-13-15-10-6-3-7-11-15/h2-11,16-24H,12-13H2,1H3/t16-,17-,18-,19+,20-,21+/m0/s1. The summed E-state index contributed by atoms with van der Waals surface area (Å²) in [4.78, 5) is 0. The van der Waals surface area contributed by atoms with Gasteiger partial charge in [-0.2, -0.15) is 0 Å². The molecule has 0 spiro atoms. The first kappa shape index (κ1) is 19.9. The molecule has 0 heterocycles. The van der Waals surface area contributed by atoms with E-state index in [2.05, 4.69) is 0 Å². The van der Waals surface area contributed by atoms with Gasteiger partial charge >= 0.3 is 0 Å². The van der Waals surface area contributed by atoms with E-state index in [-0.39, 0.29) is 13.2 Å². The number of hydrogen-bond donors (Lipinski definition) is 3. The fraction of sp³-hybridized carbons (Fsp3) is 0.429. The van der Waals surface area contributed by atoms with Gasteiger partial charge in [-0.3, -0.25) is 0 Å². The predicted octanol–water partition coefficient (Wildman–Crippen LogP) is 1.27. The average Bonchev–Trinajstić information content (AvgIpc) is 2.71. The third-order valence-electron chi connectivity index (χ3n) is 4.86. The number of hydrogen-bond acceptors (Lipinski definition) is 6. The van der Waals surface area contributed by atoms with Gasteiger partial charge in [0.25, 0.3) is 0 Å². The fourth-order valence-electron chi connectivity index (χ4n) is 3.36. The SMILES string of the molecule is CO[C@H]1[C@@H](O)[C@H](O)[C@@H](OCc2ccccc2)[C@H](O)[C@H]1OCc1ccccc1. The van der Waals surface area contributed by atoms with Gasteiger partial charge in [-0.15, -0.1) is 0 Å². The molecule has 1 saturated carbocycles. The molecule has 6 nitrogen and oxygen atoms in total. The van der Waals surface area contributed by atoms with Crippen molar-refractivity contribution in [1.82, 2.24) is 0 Å². The van der Waals surface area contributed by atoms with Crippen LogP contribution >= 0.6 is 0 Å². The van der Waals surface area contributed by atoms with Crippen LogP contribution in [-0.4, -0.2) is 59.1 Å². The summed E-state index contributed by atoms with van der Waals surface area (Å²) in [5.74, 6) is 0. The van der Waals surface area contributed by atoms with Gasteiger partial charge in [-0.1, -0.05) is 60.7 Å². The lowest BCUT2D eigenvalue weighted by Crippen LogP contribution is -2.65. The summed E-state index contributed by atoms with van der Waals surface area (Å²) in [5.41, 5.74) is 1.84. The lowest BCUT2D eigenvalue weighted by atomic mass is 9.84. The van der Waals surface area contributed by atoms with Crippen molar-refractivity contribution in [3.63, 3.8) is 0 Å². The quantitative estimate of drug-likeness (QED) is 0.676. The van der Waals surface area contributed by atoms with E-state index < -0.39 is 36.6 Å². The maximum absolute atomic E-state index is 10.8. The Kier molecular flexibility index (Phi) is 6.95. The molecule has 0 aliphatic heterocycles. The van der Waals surface area contributed by atoms with Crippen molar-refractivity contribution in [2.45, 2.75) is 49.8 Å². The van der Waals surface area contributed by atoms with Crippen molar-refractivity contribution in [3.05, 3.63) is 71.8 Å². The molecule has 1 aliphatic rings. The molecule has 1 aliphatic carbocycles. The first-order valence-corrected chi connectivity index (χ1v) is 9.00. The van der Waals surface area contributed by atoms with Crippen molar-refractivity contribution in [3.8, 4) is 0 Å². The molecule has 0 bridgehead atoms. The lowest BCUT2D eigenvalue weighted by molar-refractivity contribution is -0.255. The molecule has 27 heavy (non-hydrogen) atoms. The second kappa shape index (κ2) is 9.41. The summed E-state index contributed by atoms with van der Waals surface area (Å²) >= 11 is 0. The monoisotopic (exact) mass is 374 g/mol. The number of ether oxygens (including phenoxy) is 3. The number of aliphatic hydroxyl groups excluding tert-OH is 3. The van der Waals surface area contributed by atoms with E-state index in [0.717, 1.165) is 11.1 Å². The molecule has 0 saturated heterocycles. The van der Waals surface area contributed by atoms with E-state index in [0.29, 0.717) is 0 Å². The van der Waals surface area contributed by atoms with Crippen LogP contribution in [0.1, 0.15) is 11.1 Å². The van der Waals surface area contributed by atoms with Crippen LogP contribution in [-0.2, 0) is 27.4 Å². The lowest BCUT2D eigenvalue weighted by Gasteiger charge is -2.44. The van der Waals surface area contributed by atoms with E-state index in [1.165, 1.54) is 7.11 Å². The maximum Gasteiger partial charge on any atom is 0.115 e. The van der Waals surface area contributed by atoms with Gasteiger partial charge in [-0.25, -0.2) is 0 Å². The highest BCUT2D eigenvalue weighted by Crippen LogP contribution is 2.29. The normalized spacial score (nSPS) is 31.0. The first-order chi connectivity index (χ1) is 13.1. The van der Waals surface area contributed by atoms with Gasteiger partial charge in [0.2, 0.25) is 0 Å².